The molecule has 4 atom stereocenters. The number of nitrogens with one attached hydrogen (secondary N) is 2. The number of halogens is 1. The van der Waals surface area contributed by atoms with Crippen molar-refractivity contribution in [2.45, 2.75) is 31.7 Å². The van der Waals surface area contributed by atoms with E-state index in [2.05, 4.69) is 23.6 Å². The van der Waals surface area contributed by atoms with Crippen LogP contribution in [0.15, 0.2) is 18.2 Å². The lowest BCUT2D eigenvalue weighted by atomic mass is 9.95. The molecule has 1 amide bonds. The van der Waals surface area contributed by atoms with Crippen molar-refractivity contribution >= 4 is 18.3 Å². The molecule has 132 valence electrons. The normalized spacial score (nSPS) is 30.9. The van der Waals surface area contributed by atoms with Crippen LogP contribution in [0.2, 0.25) is 0 Å². The van der Waals surface area contributed by atoms with Crippen LogP contribution in [0.4, 0.5) is 0 Å². The number of amides is 1. The minimum atomic E-state index is 0. The first-order valence-electron chi connectivity index (χ1n) is 8.63. The molecule has 1 saturated heterocycles. The molecule has 2 fully saturated rings. The molecule has 0 aromatic heterocycles. The van der Waals surface area contributed by atoms with E-state index in [0.29, 0.717) is 31.1 Å². The Balaban J connectivity index is 0.00000169. The fraction of sp³-hybridized carbons (Fsp3) is 0.611. The van der Waals surface area contributed by atoms with Crippen LogP contribution in [0, 0.1) is 11.8 Å². The maximum Gasteiger partial charge on any atom is 0.223 e. The highest BCUT2D eigenvalue weighted by atomic mass is 35.5. The molecule has 2 heterocycles. The summed E-state index contributed by atoms with van der Waals surface area (Å²) in [5, 5.41) is 6.63. The number of fused-ring (bicyclic) bond motifs is 1. The summed E-state index contributed by atoms with van der Waals surface area (Å²) in [5.41, 5.74) is 1.19. The molecule has 1 saturated carbocycles. The Morgan fingerprint density at radius 1 is 1.25 bits per heavy atom. The van der Waals surface area contributed by atoms with Crippen molar-refractivity contribution in [1.82, 2.24) is 10.6 Å². The Kier molecular flexibility index (Phi) is 5.21. The number of ether oxygens (including phenoxy) is 2. The highest BCUT2D eigenvalue weighted by Crippen LogP contribution is 2.49. The highest BCUT2D eigenvalue weighted by molar-refractivity contribution is 5.85. The van der Waals surface area contributed by atoms with E-state index in [1.54, 1.807) is 0 Å². The van der Waals surface area contributed by atoms with Crippen molar-refractivity contribution in [1.29, 1.82) is 0 Å². The highest BCUT2D eigenvalue weighted by Gasteiger charge is 2.45. The molecule has 0 spiro atoms. The monoisotopic (exact) mass is 352 g/mol. The van der Waals surface area contributed by atoms with Gasteiger partial charge in [0.05, 0.1) is 0 Å². The predicted octanol–water partition coefficient (Wildman–Crippen LogP) is 2.10. The van der Waals surface area contributed by atoms with Gasteiger partial charge in [-0.15, -0.1) is 12.4 Å². The molecule has 0 radical (unpaired) electrons. The summed E-state index contributed by atoms with van der Waals surface area (Å²) >= 11 is 0. The molecule has 5 nitrogen and oxygen atoms in total. The van der Waals surface area contributed by atoms with E-state index < -0.39 is 0 Å². The van der Waals surface area contributed by atoms with E-state index in [0.717, 1.165) is 37.4 Å². The molecule has 4 rings (SSSR count). The topological polar surface area (TPSA) is 59.6 Å². The zero-order valence-electron chi connectivity index (χ0n) is 13.9. The van der Waals surface area contributed by atoms with Crippen LogP contribution in [0.1, 0.15) is 31.2 Å². The lowest BCUT2D eigenvalue weighted by molar-refractivity contribution is -0.123. The lowest BCUT2D eigenvalue weighted by Gasteiger charge is -2.30. The standard InChI is InChI=1S/C18H24N2O3.ClH/c1-11-10-19-5-4-15(11)20-18(21)14-9-13(14)12-2-3-16-17(8-12)23-7-6-22-16;/h2-3,8,11,13-15,19H,4-7,9-10H2,1H3,(H,20,21);1H. The van der Waals surface area contributed by atoms with Crippen molar-refractivity contribution in [3.05, 3.63) is 23.8 Å². The van der Waals surface area contributed by atoms with Crippen LogP contribution in [0.5, 0.6) is 11.5 Å². The number of benzene rings is 1. The van der Waals surface area contributed by atoms with Crippen molar-refractivity contribution in [3.8, 4) is 11.5 Å². The first-order valence-corrected chi connectivity index (χ1v) is 8.63. The first-order chi connectivity index (χ1) is 11.2. The molecule has 3 aliphatic rings. The Labute approximate surface area is 148 Å². The molecule has 1 aliphatic carbocycles. The molecule has 2 aliphatic heterocycles. The quantitative estimate of drug-likeness (QED) is 0.874. The molecule has 1 aromatic carbocycles. The Bertz CT molecular complexity index is 610. The molecular formula is C18H25ClN2O3. The third-order valence-electron chi connectivity index (χ3n) is 5.23. The van der Waals surface area contributed by atoms with Gasteiger partial charge in [0, 0.05) is 12.0 Å². The van der Waals surface area contributed by atoms with Gasteiger partial charge in [0.2, 0.25) is 5.91 Å². The number of piperidine rings is 1. The summed E-state index contributed by atoms with van der Waals surface area (Å²) in [6.07, 6.45) is 1.96. The predicted molar refractivity (Wildman–Crippen MR) is 94.1 cm³/mol. The van der Waals surface area contributed by atoms with Gasteiger partial charge in [-0.25, -0.2) is 0 Å². The van der Waals surface area contributed by atoms with Gasteiger partial charge in [0.25, 0.3) is 0 Å². The number of rotatable bonds is 3. The minimum absolute atomic E-state index is 0. The smallest absolute Gasteiger partial charge is 0.223 e. The fourth-order valence-corrected chi connectivity index (χ4v) is 3.66. The lowest BCUT2D eigenvalue weighted by Crippen LogP contribution is -2.48. The largest absolute Gasteiger partial charge is 0.486 e. The van der Waals surface area contributed by atoms with Gasteiger partial charge in [-0.05, 0) is 55.5 Å². The number of carbonyl (C=O) groups excluding carboxylic acids is 1. The molecule has 24 heavy (non-hydrogen) atoms. The zero-order valence-corrected chi connectivity index (χ0v) is 14.7. The summed E-state index contributed by atoms with van der Waals surface area (Å²) in [6, 6.07) is 6.38. The second-order valence-electron chi connectivity index (χ2n) is 6.94. The van der Waals surface area contributed by atoms with E-state index in [-0.39, 0.29) is 24.2 Å². The van der Waals surface area contributed by atoms with Gasteiger partial charge < -0.3 is 20.1 Å². The molecular weight excluding hydrogens is 328 g/mol. The summed E-state index contributed by atoms with van der Waals surface area (Å²) in [5.74, 6) is 2.77. The van der Waals surface area contributed by atoms with Crippen LogP contribution in [0.25, 0.3) is 0 Å². The van der Waals surface area contributed by atoms with E-state index >= 15 is 0 Å². The average Bonchev–Trinajstić information content (AvgIpc) is 3.37. The van der Waals surface area contributed by atoms with Gasteiger partial charge >= 0.3 is 0 Å². The van der Waals surface area contributed by atoms with Crippen LogP contribution in [-0.2, 0) is 4.79 Å². The molecule has 0 bridgehead atoms. The average molecular weight is 353 g/mol. The van der Waals surface area contributed by atoms with Gasteiger partial charge in [-0.1, -0.05) is 13.0 Å². The molecule has 1 aromatic rings. The third-order valence-corrected chi connectivity index (χ3v) is 5.23. The third kappa shape index (κ3) is 3.47. The number of hydrogen-bond donors (Lipinski definition) is 2. The van der Waals surface area contributed by atoms with E-state index in [1.165, 1.54) is 5.56 Å². The van der Waals surface area contributed by atoms with Gasteiger partial charge in [0.1, 0.15) is 13.2 Å². The van der Waals surface area contributed by atoms with Gasteiger partial charge in [-0.2, -0.15) is 0 Å². The van der Waals surface area contributed by atoms with E-state index in [1.807, 2.05) is 12.1 Å². The van der Waals surface area contributed by atoms with Crippen LogP contribution < -0.4 is 20.1 Å². The Morgan fingerprint density at radius 2 is 2.04 bits per heavy atom. The van der Waals surface area contributed by atoms with Crippen molar-refractivity contribution in [2.75, 3.05) is 26.3 Å². The van der Waals surface area contributed by atoms with Crippen LogP contribution in [-0.4, -0.2) is 38.3 Å². The van der Waals surface area contributed by atoms with Gasteiger partial charge in [-0.3, -0.25) is 4.79 Å². The SMILES string of the molecule is CC1CNCCC1NC(=O)C1CC1c1ccc2c(c1)OCCO2.Cl. The first kappa shape index (κ1) is 17.4. The number of carbonyl (C=O) groups is 1. The Morgan fingerprint density at radius 3 is 2.83 bits per heavy atom. The maximum atomic E-state index is 12.5. The fourth-order valence-electron chi connectivity index (χ4n) is 3.66. The summed E-state index contributed by atoms with van der Waals surface area (Å²) < 4.78 is 11.2. The van der Waals surface area contributed by atoms with Gasteiger partial charge in [0.15, 0.2) is 11.5 Å². The van der Waals surface area contributed by atoms with Crippen LogP contribution in [0.3, 0.4) is 0 Å². The second-order valence-corrected chi connectivity index (χ2v) is 6.94. The molecule has 6 heteroatoms. The van der Waals surface area contributed by atoms with Crippen molar-refractivity contribution in [2.24, 2.45) is 11.8 Å². The molecule has 4 unspecified atom stereocenters. The second kappa shape index (κ2) is 7.19. The maximum absolute atomic E-state index is 12.5. The zero-order chi connectivity index (χ0) is 15.8. The summed E-state index contributed by atoms with van der Waals surface area (Å²) in [6.45, 7) is 5.38. The van der Waals surface area contributed by atoms with Crippen molar-refractivity contribution in [3.63, 3.8) is 0 Å². The van der Waals surface area contributed by atoms with E-state index in [9.17, 15) is 4.79 Å². The minimum Gasteiger partial charge on any atom is -0.486 e. The van der Waals surface area contributed by atoms with Crippen molar-refractivity contribution < 1.29 is 14.3 Å². The Hall–Kier alpha value is -1.46. The summed E-state index contributed by atoms with van der Waals surface area (Å²) in [4.78, 5) is 12.5. The number of hydrogen-bond acceptors (Lipinski definition) is 4. The molecule has 2 N–H and O–H groups in total. The van der Waals surface area contributed by atoms with Crippen LogP contribution >= 0.6 is 12.4 Å². The summed E-state index contributed by atoms with van der Waals surface area (Å²) in [7, 11) is 0. The van der Waals surface area contributed by atoms with E-state index in [4.69, 9.17) is 9.47 Å².